The van der Waals surface area contributed by atoms with Crippen molar-refractivity contribution in [2.24, 2.45) is 0 Å². The lowest BCUT2D eigenvalue weighted by Gasteiger charge is -2.20. The molecule has 2 unspecified atom stereocenters. The van der Waals surface area contributed by atoms with E-state index in [1.54, 1.807) is 24.3 Å². The van der Waals surface area contributed by atoms with Crippen molar-refractivity contribution in [1.29, 1.82) is 0 Å². The average molecular weight is 329 g/mol. The Morgan fingerprint density at radius 1 is 1.24 bits per heavy atom. The molecule has 2 atom stereocenters. The minimum absolute atomic E-state index is 0.00127. The summed E-state index contributed by atoms with van der Waals surface area (Å²) in [4.78, 5) is 0. The fourth-order valence-electron chi connectivity index (χ4n) is 2.71. The van der Waals surface area contributed by atoms with Gasteiger partial charge in [0.25, 0.3) is 0 Å². The zero-order valence-electron chi connectivity index (χ0n) is 12.3. The van der Waals surface area contributed by atoms with Crippen LogP contribution in [0.15, 0.2) is 24.3 Å². The van der Waals surface area contributed by atoms with E-state index >= 15 is 0 Å². The first kappa shape index (κ1) is 16.8. The molecule has 1 aliphatic carbocycles. The van der Waals surface area contributed by atoms with E-state index in [9.17, 15) is 8.42 Å². The zero-order valence-corrected chi connectivity index (χ0v) is 13.9. The molecular formula is C15H23NO3S2. The molecule has 6 heteroatoms. The van der Waals surface area contributed by atoms with Crippen molar-refractivity contribution in [2.75, 3.05) is 5.75 Å². The number of sulfonamides is 1. The number of thioether (sulfide) groups is 1. The van der Waals surface area contributed by atoms with Crippen molar-refractivity contribution in [1.82, 2.24) is 4.72 Å². The third-order valence-electron chi connectivity index (χ3n) is 3.73. The first-order chi connectivity index (χ1) is 10.0. The highest BCUT2D eigenvalue weighted by atomic mass is 32.2. The van der Waals surface area contributed by atoms with Crippen LogP contribution in [-0.4, -0.2) is 30.6 Å². The average Bonchev–Trinajstić information content (AvgIpc) is 2.86. The van der Waals surface area contributed by atoms with E-state index in [1.807, 2.05) is 11.8 Å². The van der Waals surface area contributed by atoms with Gasteiger partial charge in [0.15, 0.2) is 0 Å². The van der Waals surface area contributed by atoms with E-state index < -0.39 is 10.0 Å². The summed E-state index contributed by atoms with van der Waals surface area (Å²) in [5, 5.41) is 9.40. The van der Waals surface area contributed by atoms with Gasteiger partial charge in [-0.25, -0.2) is 13.1 Å². The molecule has 1 aliphatic rings. The number of hydrogen-bond donors (Lipinski definition) is 2. The Morgan fingerprint density at radius 2 is 1.90 bits per heavy atom. The summed E-state index contributed by atoms with van der Waals surface area (Å²) in [6.45, 7) is 2.08. The summed E-state index contributed by atoms with van der Waals surface area (Å²) in [5.41, 5.74) is 1.54. The van der Waals surface area contributed by atoms with Gasteiger partial charge in [-0.05, 0) is 29.7 Å². The van der Waals surface area contributed by atoms with Crippen LogP contribution in [0.3, 0.4) is 0 Å². The van der Waals surface area contributed by atoms with Crippen molar-refractivity contribution in [3.63, 3.8) is 0 Å². The van der Waals surface area contributed by atoms with Gasteiger partial charge in [0.2, 0.25) is 10.0 Å². The fraction of sp³-hybridized carbons (Fsp3) is 0.600. The monoisotopic (exact) mass is 329 g/mol. The van der Waals surface area contributed by atoms with E-state index in [-0.39, 0.29) is 18.4 Å². The third-order valence-corrected chi connectivity index (χ3v) is 6.43. The van der Waals surface area contributed by atoms with Crippen LogP contribution in [0.2, 0.25) is 0 Å². The van der Waals surface area contributed by atoms with Crippen LogP contribution in [-0.2, 0) is 22.4 Å². The van der Waals surface area contributed by atoms with Gasteiger partial charge in [0, 0.05) is 11.3 Å². The van der Waals surface area contributed by atoms with Gasteiger partial charge in [0.05, 0.1) is 12.4 Å². The zero-order chi connectivity index (χ0) is 15.3. The Morgan fingerprint density at radius 3 is 2.52 bits per heavy atom. The summed E-state index contributed by atoms with van der Waals surface area (Å²) >= 11 is 1.84. The Labute approximate surface area is 131 Å². The molecule has 0 heterocycles. The Kier molecular flexibility index (Phi) is 6.10. The second-order valence-corrected chi connectivity index (χ2v) is 8.65. The molecule has 1 aromatic rings. The summed E-state index contributed by atoms with van der Waals surface area (Å²) in [5.74, 6) is 1.02. The number of rotatable bonds is 7. The molecule has 1 saturated carbocycles. The van der Waals surface area contributed by atoms with Crippen LogP contribution >= 0.6 is 11.8 Å². The normalized spacial score (nSPS) is 22.6. The van der Waals surface area contributed by atoms with E-state index in [0.717, 1.165) is 36.1 Å². The van der Waals surface area contributed by atoms with Gasteiger partial charge in [-0.2, -0.15) is 11.8 Å². The molecule has 4 nitrogen and oxygen atoms in total. The van der Waals surface area contributed by atoms with E-state index in [2.05, 4.69) is 11.6 Å². The lowest BCUT2D eigenvalue weighted by Crippen LogP contribution is -2.39. The second-order valence-electron chi connectivity index (χ2n) is 5.38. The van der Waals surface area contributed by atoms with Crippen LogP contribution < -0.4 is 4.72 Å². The van der Waals surface area contributed by atoms with Crippen LogP contribution in [0, 0.1) is 0 Å². The molecule has 0 amide bonds. The molecule has 0 aromatic heterocycles. The molecule has 2 N–H and O–H groups in total. The molecule has 118 valence electrons. The smallest absolute Gasteiger partial charge is 0.216 e. The maximum absolute atomic E-state index is 12.3. The Balaban J connectivity index is 1.97. The fourth-order valence-corrected chi connectivity index (χ4v) is 5.45. The lowest BCUT2D eigenvalue weighted by molar-refractivity contribution is 0.282. The number of nitrogens with one attached hydrogen (secondary N) is 1. The highest BCUT2D eigenvalue weighted by Crippen LogP contribution is 2.30. The van der Waals surface area contributed by atoms with Crippen LogP contribution in [0.5, 0.6) is 0 Å². The van der Waals surface area contributed by atoms with Gasteiger partial charge >= 0.3 is 0 Å². The van der Waals surface area contributed by atoms with Crippen molar-refractivity contribution >= 4 is 21.8 Å². The van der Waals surface area contributed by atoms with Crippen LogP contribution in [0.4, 0.5) is 0 Å². The number of hydrogen-bond acceptors (Lipinski definition) is 4. The van der Waals surface area contributed by atoms with Crippen molar-refractivity contribution in [2.45, 2.75) is 49.8 Å². The highest BCUT2D eigenvalue weighted by Gasteiger charge is 2.30. The topological polar surface area (TPSA) is 66.4 Å². The van der Waals surface area contributed by atoms with E-state index in [0.29, 0.717) is 5.25 Å². The number of aliphatic hydroxyl groups is 1. The molecular weight excluding hydrogens is 306 g/mol. The molecule has 1 fully saturated rings. The van der Waals surface area contributed by atoms with Crippen molar-refractivity contribution < 1.29 is 13.5 Å². The minimum atomic E-state index is -3.31. The Hall–Kier alpha value is -0.560. The molecule has 2 rings (SSSR count). The van der Waals surface area contributed by atoms with Crippen molar-refractivity contribution in [3.8, 4) is 0 Å². The quantitative estimate of drug-likeness (QED) is 0.805. The maximum atomic E-state index is 12.3. The molecule has 0 saturated heterocycles. The summed E-state index contributed by atoms with van der Waals surface area (Å²) in [6, 6.07) is 7.11. The predicted octanol–water partition coefficient (Wildman–Crippen LogP) is 2.27. The van der Waals surface area contributed by atoms with Gasteiger partial charge < -0.3 is 5.11 Å². The standard InChI is InChI=1S/C15H23NO3S2/c1-2-20-15-5-3-4-14(15)16-21(18,19)11-13-8-6-12(10-17)7-9-13/h6-9,14-17H,2-5,10-11H2,1H3. The highest BCUT2D eigenvalue weighted by molar-refractivity contribution is 8.00. The number of benzene rings is 1. The van der Waals surface area contributed by atoms with Crippen molar-refractivity contribution in [3.05, 3.63) is 35.4 Å². The summed E-state index contributed by atoms with van der Waals surface area (Å²) in [6.07, 6.45) is 3.12. The second kappa shape index (κ2) is 7.63. The maximum Gasteiger partial charge on any atom is 0.216 e. The van der Waals surface area contributed by atoms with Crippen LogP contribution in [0.1, 0.15) is 37.3 Å². The molecule has 0 bridgehead atoms. The first-order valence-electron chi connectivity index (χ1n) is 7.34. The molecule has 0 spiro atoms. The molecule has 0 radical (unpaired) electrons. The molecule has 21 heavy (non-hydrogen) atoms. The molecule has 1 aromatic carbocycles. The largest absolute Gasteiger partial charge is 0.392 e. The third kappa shape index (κ3) is 4.98. The number of aliphatic hydroxyl groups excluding tert-OH is 1. The van der Waals surface area contributed by atoms with Crippen LogP contribution in [0.25, 0.3) is 0 Å². The SMILES string of the molecule is CCSC1CCCC1NS(=O)(=O)Cc1ccc(CO)cc1. The van der Waals surface area contributed by atoms with Gasteiger partial charge in [0.1, 0.15) is 0 Å². The van der Waals surface area contributed by atoms with Gasteiger partial charge in [-0.15, -0.1) is 0 Å². The molecule has 0 aliphatic heterocycles. The summed E-state index contributed by atoms with van der Waals surface area (Å²) in [7, 11) is -3.31. The van der Waals surface area contributed by atoms with E-state index in [1.165, 1.54) is 0 Å². The first-order valence-corrected chi connectivity index (χ1v) is 10.0. The predicted molar refractivity (Wildman–Crippen MR) is 87.7 cm³/mol. The Bertz CT molecular complexity index is 543. The lowest BCUT2D eigenvalue weighted by atomic mass is 10.2. The van der Waals surface area contributed by atoms with E-state index in [4.69, 9.17) is 5.11 Å². The minimum Gasteiger partial charge on any atom is -0.392 e. The van der Waals surface area contributed by atoms with Gasteiger partial charge in [-0.1, -0.05) is 37.6 Å². The summed E-state index contributed by atoms with van der Waals surface area (Å²) < 4.78 is 27.5. The van der Waals surface area contributed by atoms with Gasteiger partial charge in [-0.3, -0.25) is 0 Å².